The third-order valence-electron chi connectivity index (χ3n) is 1.35. The van der Waals surface area contributed by atoms with E-state index in [-0.39, 0.29) is 0 Å². The van der Waals surface area contributed by atoms with Gasteiger partial charge in [-0.25, -0.2) is 0 Å². The summed E-state index contributed by atoms with van der Waals surface area (Å²) in [6, 6.07) is 7.16. The van der Waals surface area contributed by atoms with Gasteiger partial charge in [-0.2, -0.15) is 0 Å². The number of hydrogen-bond donors (Lipinski definition) is 2. The molecule has 0 atom stereocenters. The van der Waals surface area contributed by atoms with Crippen LogP contribution in [0.5, 0.6) is 0 Å². The summed E-state index contributed by atoms with van der Waals surface area (Å²) < 4.78 is 0. The van der Waals surface area contributed by atoms with Gasteiger partial charge in [0.05, 0.1) is 0 Å². The Hall–Kier alpha value is -1.06. The van der Waals surface area contributed by atoms with E-state index in [4.69, 9.17) is 5.73 Å². The van der Waals surface area contributed by atoms with Gasteiger partial charge >= 0.3 is 0 Å². The van der Waals surface area contributed by atoms with E-state index in [2.05, 4.69) is 0 Å². The Morgan fingerprint density at radius 1 is 1.40 bits per heavy atom. The first-order valence-corrected chi connectivity index (χ1v) is 3.04. The molecule has 0 bridgehead atoms. The summed E-state index contributed by atoms with van der Waals surface area (Å²) in [5.74, 6) is 0. The molecule has 0 aliphatic carbocycles. The molecule has 3 N–H and O–H groups in total. The maximum atomic E-state index is 10.2. The molecule has 0 spiro atoms. The lowest BCUT2D eigenvalue weighted by atomic mass is 10.2. The third kappa shape index (κ3) is 1.26. The number of hydrogen-bond acceptors (Lipinski definition) is 3. The molecule has 0 aliphatic heterocycles. The summed E-state index contributed by atoms with van der Waals surface area (Å²) in [4.78, 5) is 0. The highest BCUT2D eigenvalue weighted by atomic mass is 16.5. The van der Waals surface area contributed by atoms with E-state index in [0.29, 0.717) is 12.2 Å². The Kier molecular flexibility index (Phi) is 2.25. The fourth-order valence-corrected chi connectivity index (χ4v) is 0.798. The molecule has 3 heteroatoms. The Labute approximate surface area is 59.4 Å². The minimum absolute atomic E-state index is 0.394. The van der Waals surface area contributed by atoms with Gasteiger partial charge in [0.2, 0.25) is 0 Å². The molecule has 0 aliphatic rings. The van der Waals surface area contributed by atoms with Crippen molar-refractivity contribution >= 4 is 5.69 Å². The summed E-state index contributed by atoms with van der Waals surface area (Å²) in [5, 5.41) is 10.2. The van der Waals surface area contributed by atoms with E-state index >= 15 is 0 Å². The van der Waals surface area contributed by atoms with E-state index in [1.54, 1.807) is 12.1 Å². The molecule has 0 saturated heterocycles. The molecule has 0 saturated carbocycles. The average Bonchev–Trinajstić information content (AvgIpc) is 2.04. The maximum absolute atomic E-state index is 10.2. The lowest BCUT2D eigenvalue weighted by Crippen LogP contribution is -1.99. The number of anilines is 1. The van der Waals surface area contributed by atoms with Crippen molar-refractivity contribution in [2.24, 2.45) is 5.73 Å². The summed E-state index contributed by atoms with van der Waals surface area (Å²) >= 11 is 0. The summed E-state index contributed by atoms with van der Waals surface area (Å²) in [6.45, 7) is 0.394. The normalized spacial score (nSPS) is 9.40. The predicted octanol–water partition coefficient (Wildman–Crippen LogP) is 1.05. The second-order valence-corrected chi connectivity index (χ2v) is 1.96. The van der Waals surface area contributed by atoms with Crippen molar-refractivity contribution in [3.8, 4) is 0 Å². The maximum Gasteiger partial charge on any atom is 0.0278 e. The molecular weight excluding hydrogens is 128 g/mol. The molecule has 0 unspecified atom stereocenters. The van der Waals surface area contributed by atoms with Gasteiger partial charge in [-0.15, -0.1) is 0 Å². The number of nitrogens with one attached hydrogen (secondary N) is 1. The molecular formula is C7H9N2O-. The lowest BCUT2D eigenvalue weighted by molar-refractivity contribution is 1.07. The van der Waals surface area contributed by atoms with Crippen LogP contribution < -0.4 is 11.2 Å². The van der Waals surface area contributed by atoms with E-state index in [9.17, 15) is 5.21 Å². The van der Waals surface area contributed by atoms with Gasteiger partial charge in [0, 0.05) is 12.2 Å². The van der Waals surface area contributed by atoms with Gasteiger partial charge in [0.25, 0.3) is 0 Å². The van der Waals surface area contributed by atoms with E-state index in [1.807, 2.05) is 17.6 Å². The van der Waals surface area contributed by atoms with Crippen molar-refractivity contribution in [1.82, 2.24) is 0 Å². The highest BCUT2D eigenvalue weighted by Gasteiger charge is 1.91. The van der Waals surface area contributed by atoms with Gasteiger partial charge in [0.15, 0.2) is 0 Å². The highest BCUT2D eigenvalue weighted by molar-refractivity contribution is 5.51. The number of benzene rings is 1. The first-order valence-electron chi connectivity index (χ1n) is 3.04. The first kappa shape index (κ1) is 7.05. The van der Waals surface area contributed by atoms with Gasteiger partial charge in [0.1, 0.15) is 0 Å². The van der Waals surface area contributed by atoms with Crippen LogP contribution in [-0.2, 0) is 6.54 Å². The highest BCUT2D eigenvalue weighted by Crippen LogP contribution is 2.12. The predicted molar refractivity (Wildman–Crippen MR) is 41.3 cm³/mol. The molecule has 0 aromatic heterocycles. The molecule has 0 fully saturated rings. The van der Waals surface area contributed by atoms with Gasteiger partial charge in [-0.3, -0.25) is 0 Å². The van der Waals surface area contributed by atoms with Crippen LogP contribution in [0.4, 0.5) is 5.69 Å². The van der Waals surface area contributed by atoms with Crippen molar-refractivity contribution in [2.45, 2.75) is 6.54 Å². The van der Waals surface area contributed by atoms with Crippen LogP contribution in [0.2, 0.25) is 0 Å². The van der Waals surface area contributed by atoms with E-state index in [0.717, 1.165) is 5.56 Å². The minimum atomic E-state index is 0.394. The zero-order valence-electron chi connectivity index (χ0n) is 5.50. The largest absolute Gasteiger partial charge is 0.761 e. The average molecular weight is 137 g/mol. The monoisotopic (exact) mass is 137 g/mol. The number of para-hydroxylation sites is 1. The van der Waals surface area contributed by atoms with Crippen molar-refractivity contribution in [1.29, 1.82) is 0 Å². The molecule has 3 nitrogen and oxygen atoms in total. The van der Waals surface area contributed by atoms with Crippen molar-refractivity contribution in [2.75, 3.05) is 5.48 Å². The Balaban J connectivity index is 2.96. The quantitative estimate of drug-likeness (QED) is 0.599. The number of nitrogens with two attached hydrogens (primary N) is 1. The van der Waals surface area contributed by atoms with Crippen molar-refractivity contribution in [3.05, 3.63) is 35.0 Å². The van der Waals surface area contributed by atoms with E-state index in [1.165, 1.54) is 0 Å². The molecule has 54 valence electrons. The molecule has 0 amide bonds. The SMILES string of the molecule is NCc1ccccc1N[O-]. The van der Waals surface area contributed by atoms with Crippen LogP contribution in [0.3, 0.4) is 0 Å². The summed E-state index contributed by atoms with van der Waals surface area (Å²) in [6.07, 6.45) is 0. The molecule has 10 heavy (non-hydrogen) atoms. The Bertz CT molecular complexity index is 190. The van der Waals surface area contributed by atoms with Crippen LogP contribution in [0.1, 0.15) is 5.56 Å². The lowest BCUT2D eigenvalue weighted by Gasteiger charge is -2.12. The summed E-state index contributed by atoms with van der Waals surface area (Å²) in [7, 11) is 0. The van der Waals surface area contributed by atoms with Crippen molar-refractivity contribution in [3.63, 3.8) is 0 Å². The smallest absolute Gasteiger partial charge is 0.0278 e. The molecule has 1 rings (SSSR count). The zero-order valence-corrected chi connectivity index (χ0v) is 5.50. The van der Waals surface area contributed by atoms with Crippen LogP contribution in [-0.4, -0.2) is 0 Å². The Morgan fingerprint density at radius 3 is 2.60 bits per heavy atom. The zero-order chi connectivity index (χ0) is 7.40. The van der Waals surface area contributed by atoms with Crippen molar-refractivity contribution < 1.29 is 0 Å². The second kappa shape index (κ2) is 3.20. The molecule has 1 aromatic carbocycles. The second-order valence-electron chi connectivity index (χ2n) is 1.96. The van der Waals surface area contributed by atoms with Gasteiger partial charge in [-0.05, 0) is 11.6 Å². The van der Waals surface area contributed by atoms with E-state index < -0.39 is 0 Å². The van der Waals surface area contributed by atoms with Crippen LogP contribution >= 0.6 is 0 Å². The molecule has 1 aromatic rings. The molecule has 0 radical (unpaired) electrons. The Morgan fingerprint density at radius 2 is 2.10 bits per heavy atom. The van der Waals surface area contributed by atoms with Gasteiger partial charge in [-0.1, -0.05) is 18.2 Å². The number of rotatable bonds is 2. The van der Waals surface area contributed by atoms with Crippen LogP contribution in [0.15, 0.2) is 24.3 Å². The standard InChI is InChI=1S/C7H9N2O/c8-5-6-3-1-2-4-7(6)9-10/h1-4,9H,5,8H2/q-1. The third-order valence-corrected chi connectivity index (χ3v) is 1.35. The fraction of sp³-hybridized carbons (Fsp3) is 0.143. The minimum Gasteiger partial charge on any atom is -0.761 e. The van der Waals surface area contributed by atoms with Crippen LogP contribution in [0, 0.1) is 5.21 Å². The van der Waals surface area contributed by atoms with Crippen LogP contribution in [0.25, 0.3) is 0 Å². The van der Waals surface area contributed by atoms with Gasteiger partial charge < -0.3 is 16.4 Å². The topological polar surface area (TPSA) is 61.1 Å². The fourth-order valence-electron chi connectivity index (χ4n) is 0.798. The molecule has 0 heterocycles. The summed E-state index contributed by atoms with van der Waals surface area (Å²) in [5.41, 5.74) is 8.57. The first-order chi connectivity index (χ1) is 4.88.